The van der Waals surface area contributed by atoms with Crippen molar-refractivity contribution in [3.63, 3.8) is 0 Å². The van der Waals surface area contributed by atoms with Crippen LogP contribution in [0.5, 0.6) is 0 Å². The molecule has 1 aromatic rings. The van der Waals surface area contributed by atoms with E-state index in [2.05, 4.69) is 9.93 Å². The molecule has 0 spiro atoms. The van der Waals surface area contributed by atoms with Crippen molar-refractivity contribution < 1.29 is 13.3 Å². The van der Waals surface area contributed by atoms with Crippen LogP contribution in [0.15, 0.2) is 64.3 Å². The second-order valence-electron chi connectivity index (χ2n) is 3.96. The highest BCUT2D eigenvalue weighted by molar-refractivity contribution is 7.89. The van der Waals surface area contributed by atoms with Crippen LogP contribution in [-0.2, 0) is 10.0 Å². The molecule has 1 aromatic carbocycles. The zero-order chi connectivity index (χ0) is 14.6. The number of rotatable bonds is 4. The van der Waals surface area contributed by atoms with E-state index in [1.54, 1.807) is 18.2 Å². The Hall–Kier alpha value is -2.48. The SMILES string of the molecule is O=[N+]([O-])C1=CC=CC(=NNS(=O)(=O)c2ccccc2)C1. The summed E-state index contributed by atoms with van der Waals surface area (Å²) >= 11 is 0. The summed E-state index contributed by atoms with van der Waals surface area (Å²) in [6.45, 7) is 0. The minimum atomic E-state index is -3.76. The van der Waals surface area contributed by atoms with Gasteiger partial charge in [-0.1, -0.05) is 24.3 Å². The second kappa shape index (κ2) is 5.66. The van der Waals surface area contributed by atoms with Crippen LogP contribution in [-0.4, -0.2) is 19.1 Å². The maximum Gasteiger partial charge on any atom is 0.276 e. The molecule has 0 fully saturated rings. The average Bonchev–Trinajstić information content (AvgIpc) is 2.46. The molecule has 8 heteroatoms. The first kappa shape index (κ1) is 13.9. The van der Waals surface area contributed by atoms with Crippen molar-refractivity contribution in [2.45, 2.75) is 11.3 Å². The molecular formula is C12H11N3O4S. The Kier molecular flexibility index (Phi) is 3.94. The van der Waals surface area contributed by atoms with E-state index in [1.807, 2.05) is 0 Å². The Morgan fingerprint density at radius 1 is 1.25 bits per heavy atom. The molecule has 0 aliphatic heterocycles. The number of allylic oxidation sites excluding steroid dienone is 4. The van der Waals surface area contributed by atoms with Crippen molar-refractivity contribution in [3.05, 3.63) is 64.4 Å². The summed E-state index contributed by atoms with van der Waals surface area (Å²) in [5.41, 5.74) is 0.240. The van der Waals surface area contributed by atoms with E-state index in [-0.39, 0.29) is 22.7 Å². The zero-order valence-electron chi connectivity index (χ0n) is 10.3. The lowest BCUT2D eigenvalue weighted by Gasteiger charge is -2.06. The van der Waals surface area contributed by atoms with E-state index >= 15 is 0 Å². The van der Waals surface area contributed by atoms with Gasteiger partial charge in [-0.15, -0.1) is 0 Å². The molecule has 0 aromatic heterocycles. The summed E-state index contributed by atoms with van der Waals surface area (Å²) in [5.74, 6) is 0. The molecule has 0 saturated carbocycles. The zero-order valence-corrected chi connectivity index (χ0v) is 11.1. The van der Waals surface area contributed by atoms with Gasteiger partial charge in [-0.25, -0.2) is 0 Å². The van der Waals surface area contributed by atoms with Gasteiger partial charge in [0.15, 0.2) is 0 Å². The van der Waals surface area contributed by atoms with Crippen LogP contribution >= 0.6 is 0 Å². The third-order valence-corrected chi connectivity index (χ3v) is 3.76. The van der Waals surface area contributed by atoms with Gasteiger partial charge in [0.25, 0.3) is 15.7 Å². The van der Waals surface area contributed by atoms with E-state index in [0.717, 1.165) is 0 Å². The summed E-state index contributed by atoms with van der Waals surface area (Å²) in [5, 5.41) is 14.3. The van der Waals surface area contributed by atoms with Crippen LogP contribution in [0.3, 0.4) is 0 Å². The van der Waals surface area contributed by atoms with Crippen LogP contribution in [0.1, 0.15) is 6.42 Å². The van der Waals surface area contributed by atoms with Crippen molar-refractivity contribution in [2.24, 2.45) is 5.10 Å². The highest BCUT2D eigenvalue weighted by Crippen LogP contribution is 2.11. The number of nitro groups is 1. The molecule has 104 valence electrons. The third-order valence-electron chi connectivity index (χ3n) is 2.54. The minimum Gasteiger partial charge on any atom is -0.259 e. The van der Waals surface area contributed by atoms with Gasteiger partial charge in [-0.2, -0.15) is 18.4 Å². The van der Waals surface area contributed by atoms with E-state index in [1.165, 1.54) is 30.4 Å². The van der Waals surface area contributed by atoms with Crippen molar-refractivity contribution in [3.8, 4) is 0 Å². The van der Waals surface area contributed by atoms with Gasteiger partial charge in [-0.3, -0.25) is 10.1 Å². The first-order valence-electron chi connectivity index (χ1n) is 5.64. The molecule has 0 heterocycles. The Morgan fingerprint density at radius 2 is 1.95 bits per heavy atom. The molecule has 1 aliphatic rings. The Morgan fingerprint density at radius 3 is 2.60 bits per heavy atom. The summed E-state index contributed by atoms with van der Waals surface area (Å²) in [6, 6.07) is 7.75. The maximum atomic E-state index is 11.9. The average molecular weight is 293 g/mol. The van der Waals surface area contributed by atoms with Crippen LogP contribution in [0.25, 0.3) is 0 Å². The smallest absolute Gasteiger partial charge is 0.259 e. The molecular weight excluding hydrogens is 282 g/mol. The van der Waals surface area contributed by atoms with Gasteiger partial charge in [0.05, 0.1) is 22.0 Å². The van der Waals surface area contributed by atoms with E-state index in [4.69, 9.17) is 0 Å². The lowest BCUT2D eigenvalue weighted by atomic mass is 10.1. The molecule has 0 bridgehead atoms. The third kappa shape index (κ3) is 3.29. The molecule has 0 saturated heterocycles. The minimum absolute atomic E-state index is 0.0270. The Bertz CT molecular complexity index is 705. The number of hydrogen-bond acceptors (Lipinski definition) is 5. The summed E-state index contributed by atoms with van der Waals surface area (Å²) in [6.07, 6.45) is 4.29. The largest absolute Gasteiger partial charge is 0.276 e. The maximum absolute atomic E-state index is 11.9. The topological polar surface area (TPSA) is 102 Å². The molecule has 0 radical (unpaired) electrons. The van der Waals surface area contributed by atoms with Crippen molar-refractivity contribution in [1.29, 1.82) is 0 Å². The van der Waals surface area contributed by atoms with Gasteiger partial charge in [0, 0.05) is 6.08 Å². The fourth-order valence-electron chi connectivity index (χ4n) is 1.55. The number of benzene rings is 1. The van der Waals surface area contributed by atoms with E-state index in [9.17, 15) is 18.5 Å². The lowest BCUT2D eigenvalue weighted by molar-refractivity contribution is -0.426. The van der Waals surface area contributed by atoms with Crippen LogP contribution in [0, 0.1) is 10.1 Å². The first-order valence-corrected chi connectivity index (χ1v) is 7.12. The van der Waals surface area contributed by atoms with Gasteiger partial charge < -0.3 is 0 Å². The van der Waals surface area contributed by atoms with E-state index in [0.29, 0.717) is 0 Å². The van der Waals surface area contributed by atoms with Crippen LogP contribution in [0.2, 0.25) is 0 Å². The normalized spacial score (nSPS) is 16.8. The predicted molar refractivity (Wildman–Crippen MR) is 73.0 cm³/mol. The van der Waals surface area contributed by atoms with Gasteiger partial charge in [-0.05, 0) is 18.2 Å². The highest BCUT2D eigenvalue weighted by Gasteiger charge is 2.17. The molecule has 1 aliphatic carbocycles. The van der Waals surface area contributed by atoms with Gasteiger partial charge in [0.2, 0.25) is 0 Å². The predicted octanol–water partition coefficient (Wildman–Crippen LogP) is 1.44. The van der Waals surface area contributed by atoms with Crippen molar-refractivity contribution in [1.82, 2.24) is 4.83 Å². The first-order chi connectivity index (χ1) is 9.49. The quantitative estimate of drug-likeness (QED) is 0.670. The fourth-order valence-corrected chi connectivity index (χ4v) is 2.41. The number of hydrazone groups is 1. The molecule has 1 N–H and O–H groups in total. The van der Waals surface area contributed by atoms with Crippen LogP contribution in [0.4, 0.5) is 0 Å². The van der Waals surface area contributed by atoms with Crippen molar-refractivity contribution >= 4 is 15.7 Å². The van der Waals surface area contributed by atoms with Crippen molar-refractivity contribution in [2.75, 3.05) is 0 Å². The summed E-state index contributed by atoms with van der Waals surface area (Å²) in [4.78, 5) is 12.3. The lowest BCUT2D eigenvalue weighted by Crippen LogP contribution is -2.20. The number of nitrogens with one attached hydrogen (secondary N) is 1. The Labute approximate surface area is 115 Å². The molecule has 7 nitrogen and oxygen atoms in total. The number of nitrogens with zero attached hydrogens (tertiary/aromatic N) is 2. The van der Waals surface area contributed by atoms with Gasteiger partial charge >= 0.3 is 0 Å². The van der Waals surface area contributed by atoms with Crippen LogP contribution < -0.4 is 4.83 Å². The highest BCUT2D eigenvalue weighted by atomic mass is 32.2. The van der Waals surface area contributed by atoms with E-state index < -0.39 is 14.9 Å². The molecule has 0 amide bonds. The Balaban J connectivity index is 2.13. The summed E-state index contributed by atoms with van der Waals surface area (Å²) in [7, 11) is -3.76. The number of sulfonamides is 1. The fraction of sp³-hybridized carbons (Fsp3) is 0.0833. The molecule has 20 heavy (non-hydrogen) atoms. The standard InChI is InChI=1S/C12H11N3O4S/c16-15(17)11-6-4-5-10(9-11)13-14-20(18,19)12-7-2-1-3-8-12/h1-8,14H,9H2. The summed E-state index contributed by atoms with van der Waals surface area (Å²) < 4.78 is 23.8. The second-order valence-corrected chi connectivity index (χ2v) is 5.62. The van der Waals surface area contributed by atoms with Gasteiger partial charge in [0.1, 0.15) is 0 Å². The molecule has 0 atom stereocenters. The monoisotopic (exact) mass is 293 g/mol. The molecule has 2 rings (SSSR count). The molecule has 0 unspecified atom stereocenters. The number of hydrogen-bond donors (Lipinski definition) is 1.